The van der Waals surface area contributed by atoms with E-state index in [4.69, 9.17) is 0 Å². The number of aromatic hydroxyl groups is 1. The molecular weight excluding hydrogens is 236 g/mol. The molecule has 0 aliphatic heterocycles. The molecule has 3 heteroatoms. The lowest BCUT2D eigenvalue weighted by Crippen LogP contribution is -1.99. The zero-order valence-corrected chi connectivity index (χ0v) is 10.4. The molecule has 0 spiro atoms. The first-order valence-corrected chi connectivity index (χ1v) is 6.18. The van der Waals surface area contributed by atoms with Gasteiger partial charge in [-0.1, -0.05) is 18.2 Å². The summed E-state index contributed by atoms with van der Waals surface area (Å²) >= 11 is 0. The van der Waals surface area contributed by atoms with E-state index in [1.165, 1.54) is 0 Å². The van der Waals surface area contributed by atoms with Crippen molar-refractivity contribution in [2.24, 2.45) is 0 Å². The molecule has 1 heterocycles. The van der Waals surface area contributed by atoms with E-state index in [0.717, 1.165) is 22.2 Å². The van der Waals surface area contributed by atoms with Gasteiger partial charge in [-0.05, 0) is 42.0 Å². The largest absolute Gasteiger partial charge is 0.508 e. The third-order valence-corrected chi connectivity index (χ3v) is 3.01. The first-order valence-electron chi connectivity index (χ1n) is 6.18. The lowest BCUT2D eigenvalue weighted by molar-refractivity contribution is 0.474. The topological polar surface area (TPSA) is 45.1 Å². The van der Waals surface area contributed by atoms with Gasteiger partial charge in [0, 0.05) is 23.8 Å². The van der Waals surface area contributed by atoms with Gasteiger partial charge in [0.05, 0.1) is 5.52 Å². The highest BCUT2D eigenvalue weighted by molar-refractivity contribution is 5.82. The van der Waals surface area contributed by atoms with Gasteiger partial charge in [0.25, 0.3) is 0 Å². The fraction of sp³-hybridized carbons (Fsp3) is 0.0625. The van der Waals surface area contributed by atoms with Gasteiger partial charge in [0.2, 0.25) is 0 Å². The third-order valence-electron chi connectivity index (χ3n) is 3.01. The predicted octanol–water partition coefficient (Wildman–Crippen LogP) is 3.55. The normalized spacial score (nSPS) is 10.5. The Morgan fingerprint density at radius 2 is 1.95 bits per heavy atom. The van der Waals surface area contributed by atoms with Crippen LogP contribution in [-0.4, -0.2) is 10.1 Å². The fourth-order valence-corrected chi connectivity index (χ4v) is 2.06. The van der Waals surface area contributed by atoms with Crippen LogP contribution in [0.3, 0.4) is 0 Å². The van der Waals surface area contributed by atoms with Gasteiger partial charge >= 0.3 is 0 Å². The molecule has 0 aliphatic carbocycles. The highest BCUT2D eigenvalue weighted by atomic mass is 16.3. The Kier molecular flexibility index (Phi) is 3.02. The van der Waals surface area contributed by atoms with Crippen molar-refractivity contribution in [1.29, 1.82) is 0 Å². The molecule has 3 aromatic rings. The first-order chi connectivity index (χ1) is 9.31. The molecule has 0 saturated heterocycles. The quantitative estimate of drug-likeness (QED) is 0.747. The Balaban J connectivity index is 1.78. The minimum Gasteiger partial charge on any atom is -0.508 e. The lowest BCUT2D eigenvalue weighted by Gasteiger charge is -2.07. The number of anilines is 1. The summed E-state index contributed by atoms with van der Waals surface area (Å²) in [4.78, 5) is 4.29. The molecular formula is C16H14N2O. The van der Waals surface area contributed by atoms with Gasteiger partial charge in [0.15, 0.2) is 0 Å². The molecule has 0 radical (unpaired) electrons. The summed E-state index contributed by atoms with van der Waals surface area (Å²) < 4.78 is 0. The summed E-state index contributed by atoms with van der Waals surface area (Å²) in [5.74, 6) is 0.294. The van der Waals surface area contributed by atoms with E-state index in [1.54, 1.807) is 18.3 Å². The molecule has 3 rings (SSSR count). The Bertz CT molecular complexity index is 710. The summed E-state index contributed by atoms with van der Waals surface area (Å²) in [6, 6.07) is 17.3. The molecule has 0 amide bonds. The standard InChI is InChI=1S/C16H14N2O/c19-15-5-1-3-12(9-15)11-18-14-6-7-16-13(10-14)4-2-8-17-16/h1-10,18-19H,11H2. The average Bonchev–Trinajstić information content (AvgIpc) is 2.45. The van der Waals surface area contributed by atoms with E-state index >= 15 is 0 Å². The zero-order valence-electron chi connectivity index (χ0n) is 10.4. The Morgan fingerprint density at radius 3 is 2.84 bits per heavy atom. The van der Waals surface area contributed by atoms with Crippen molar-refractivity contribution in [2.45, 2.75) is 6.54 Å². The number of aromatic nitrogens is 1. The van der Waals surface area contributed by atoms with Crippen molar-refractivity contribution in [3.63, 3.8) is 0 Å². The summed E-state index contributed by atoms with van der Waals surface area (Å²) in [6.45, 7) is 0.681. The minimum atomic E-state index is 0.294. The van der Waals surface area contributed by atoms with Crippen LogP contribution in [0.25, 0.3) is 10.9 Å². The summed E-state index contributed by atoms with van der Waals surface area (Å²) in [7, 11) is 0. The Morgan fingerprint density at radius 1 is 1.00 bits per heavy atom. The van der Waals surface area contributed by atoms with Crippen molar-refractivity contribution in [3.8, 4) is 5.75 Å². The monoisotopic (exact) mass is 250 g/mol. The average molecular weight is 250 g/mol. The molecule has 0 saturated carbocycles. The summed E-state index contributed by atoms with van der Waals surface area (Å²) in [5.41, 5.74) is 3.08. The number of phenolic OH excluding ortho intramolecular Hbond substituents is 1. The van der Waals surface area contributed by atoms with Crippen LogP contribution < -0.4 is 5.32 Å². The maximum absolute atomic E-state index is 9.42. The maximum Gasteiger partial charge on any atom is 0.115 e. The summed E-state index contributed by atoms with van der Waals surface area (Å²) in [6.07, 6.45) is 1.79. The number of phenols is 1. The SMILES string of the molecule is Oc1cccc(CNc2ccc3ncccc3c2)c1. The highest BCUT2D eigenvalue weighted by Gasteiger charge is 1.98. The van der Waals surface area contributed by atoms with Crippen LogP contribution in [-0.2, 0) is 6.54 Å². The summed E-state index contributed by atoms with van der Waals surface area (Å²) in [5, 5.41) is 13.9. The Labute approximate surface area is 111 Å². The van der Waals surface area contributed by atoms with Crippen LogP contribution in [0.15, 0.2) is 60.8 Å². The number of fused-ring (bicyclic) bond motifs is 1. The van der Waals surface area contributed by atoms with Gasteiger partial charge in [-0.3, -0.25) is 4.98 Å². The van der Waals surface area contributed by atoms with E-state index in [2.05, 4.69) is 16.4 Å². The van der Waals surface area contributed by atoms with E-state index in [1.807, 2.05) is 36.4 Å². The second kappa shape index (κ2) is 4.98. The number of pyridine rings is 1. The first kappa shape index (κ1) is 11.5. The van der Waals surface area contributed by atoms with Gasteiger partial charge in [0.1, 0.15) is 5.75 Å². The number of nitrogens with one attached hydrogen (secondary N) is 1. The van der Waals surface area contributed by atoms with E-state index in [-0.39, 0.29) is 0 Å². The molecule has 1 aromatic heterocycles. The number of benzene rings is 2. The molecule has 0 atom stereocenters. The molecule has 0 fully saturated rings. The van der Waals surface area contributed by atoms with Crippen molar-refractivity contribution in [1.82, 2.24) is 4.98 Å². The molecule has 0 bridgehead atoms. The number of hydrogen-bond acceptors (Lipinski definition) is 3. The van der Waals surface area contributed by atoms with Crippen molar-refractivity contribution in [2.75, 3.05) is 5.32 Å². The number of hydrogen-bond donors (Lipinski definition) is 2. The second-order valence-electron chi connectivity index (χ2n) is 4.43. The van der Waals surface area contributed by atoms with Crippen LogP contribution in [0, 0.1) is 0 Å². The molecule has 2 N–H and O–H groups in total. The molecule has 3 nitrogen and oxygen atoms in total. The minimum absolute atomic E-state index is 0.294. The number of nitrogens with zero attached hydrogens (tertiary/aromatic N) is 1. The van der Waals surface area contributed by atoms with E-state index in [9.17, 15) is 5.11 Å². The Hall–Kier alpha value is -2.55. The molecule has 0 unspecified atom stereocenters. The van der Waals surface area contributed by atoms with Crippen LogP contribution in [0.1, 0.15) is 5.56 Å². The lowest BCUT2D eigenvalue weighted by atomic mass is 10.2. The molecule has 94 valence electrons. The number of rotatable bonds is 3. The van der Waals surface area contributed by atoms with Gasteiger partial charge in [-0.25, -0.2) is 0 Å². The van der Waals surface area contributed by atoms with Crippen LogP contribution in [0.2, 0.25) is 0 Å². The molecule has 19 heavy (non-hydrogen) atoms. The fourth-order valence-electron chi connectivity index (χ4n) is 2.06. The second-order valence-corrected chi connectivity index (χ2v) is 4.43. The third kappa shape index (κ3) is 2.65. The van der Waals surface area contributed by atoms with Gasteiger partial charge in [-0.15, -0.1) is 0 Å². The predicted molar refractivity (Wildman–Crippen MR) is 77.2 cm³/mol. The van der Waals surface area contributed by atoms with Crippen molar-refractivity contribution in [3.05, 3.63) is 66.4 Å². The van der Waals surface area contributed by atoms with E-state index in [0.29, 0.717) is 12.3 Å². The van der Waals surface area contributed by atoms with E-state index < -0.39 is 0 Å². The van der Waals surface area contributed by atoms with Gasteiger partial charge < -0.3 is 10.4 Å². The van der Waals surface area contributed by atoms with Crippen LogP contribution in [0.4, 0.5) is 5.69 Å². The molecule has 0 aliphatic rings. The maximum atomic E-state index is 9.42. The van der Waals surface area contributed by atoms with Crippen molar-refractivity contribution < 1.29 is 5.11 Å². The van der Waals surface area contributed by atoms with Crippen LogP contribution in [0.5, 0.6) is 5.75 Å². The highest BCUT2D eigenvalue weighted by Crippen LogP contribution is 2.18. The zero-order chi connectivity index (χ0) is 13.1. The van der Waals surface area contributed by atoms with Crippen LogP contribution >= 0.6 is 0 Å². The van der Waals surface area contributed by atoms with Crippen molar-refractivity contribution >= 4 is 16.6 Å². The smallest absolute Gasteiger partial charge is 0.115 e. The molecule has 2 aromatic carbocycles. The van der Waals surface area contributed by atoms with Gasteiger partial charge in [-0.2, -0.15) is 0 Å².